The Kier molecular flexibility index (Phi) is 10.5. The van der Waals surface area contributed by atoms with Crippen LogP contribution in [0.5, 0.6) is 0 Å². The average molecular weight is 539 g/mol. The van der Waals surface area contributed by atoms with Crippen LogP contribution >= 0.6 is 0 Å². The molecule has 0 aliphatic rings. The van der Waals surface area contributed by atoms with Gasteiger partial charge in [0, 0.05) is 0 Å². The van der Waals surface area contributed by atoms with E-state index in [2.05, 4.69) is 129 Å². The lowest BCUT2D eigenvalue weighted by atomic mass is 10.0. The lowest BCUT2D eigenvalue weighted by Gasteiger charge is -2.36. The molecule has 0 N–H and O–H groups in total. The summed E-state index contributed by atoms with van der Waals surface area (Å²) in [7, 11) is -3.56. The smallest absolute Gasteiger partial charge is 0.192 e. The van der Waals surface area contributed by atoms with Gasteiger partial charge in [0.1, 0.15) is 12.2 Å². The van der Waals surface area contributed by atoms with Gasteiger partial charge in [-0.05, 0) is 58.5 Å². The standard InChI is InChI=1S/C32H50O3Si2/c1-13-29(27-19-15-25(16-20-27)23-33-36(9,10)31(3,4)5)35-30(14-2)28-21-17-26(18-22-28)24-34-37(11,12)32(6,7)8/h13-22,29-30H,1-2,23-24H2,3-12H3. The Morgan fingerprint density at radius 3 is 1.16 bits per heavy atom. The summed E-state index contributed by atoms with van der Waals surface area (Å²) in [5.74, 6) is 0. The first-order chi connectivity index (χ1) is 17.0. The van der Waals surface area contributed by atoms with Gasteiger partial charge in [-0.15, -0.1) is 13.2 Å². The Morgan fingerprint density at radius 1 is 0.622 bits per heavy atom. The van der Waals surface area contributed by atoms with Crippen molar-refractivity contribution in [3.8, 4) is 0 Å². The Labute approximate surface area is 229 Å². The van der Waals surface area contributed by atoms with E-state index in [4.69, 9.17) is 13.6 Å². The number of hydrogen-bond acceptors (Lipinski definition) is 3. The van der Waals surface area contributed by atoms with Crippen molar-refractivity contribution in [1.82, 2.24) is 0 Å². The number of rotatable bonds is 12. The largest absolute Gasteiger partial charge is 0.413 e. The molecular weight excluding hydrogens is 489 g/mol. The van der Waals surface area contributed by atoms with E-state index in [1.165, 1.54) is 11.1 Å². The second-order valence-electron chi connectivity index (χ2n) is 13.0. The predicted molar refractivity (Wildman–Crippen MR) is 164 cm³/mol. The topological polar surface area (TPSA) is 27.7 Å². The molecule has 0 aromatic heterocycles. The van der Waals surface area contributed by atoms with E-state index >= 15 is 0 Å². The van der Waals surface area contributed by atoms with Crippen LogP contribution in [0.3, 0.4) is 0 Å². The molecule has 2 rings (SSSR count). The van der Waals surface area contributed by atoms with Crippen molar-refractivity contribution in [3.63, 3.8) is 0 Å². The lowest BCUT2D eigenvalue weighted by Crippen LogP contribution is -2.40. The minimum absolute atomic E-state index is 0.199. The first-order valence-electron chi connectivity index (χ1n) is 13.4. The maximum atomic E-state index is 6.43. The minimum atomic E-state index is -1.78. The molecule has 0 amide bonds. The van der Waals surface area contributed by atoms with Gasteiger partial charge in [0.15, 0.2) is 16.6 Å². The van der Waals surface area contributed by atoms with Crippen molar-refractivity contribution in [2.75, 3.05) is 0 Å². The first kappa shape index (κ1) is 31.5. The highest BCUT2D eigenvalue weighted by molar-refractivity contribution is 6.74. The van der Waals surface area contributed by atoms with Crippen molar-refractivity contribution in [2.45, 2.75) is 103 Å². The second-order valence-corrected chi connectivity index (χ2v) is 22.6. The Hall–Kier alpha value is -1.77. The molecule has 204 valence electrons. The van der Waals surface area contributed by atoms with E-state index in [0.717, 1.165) is 11.1 Å². The summed E-state index contributed by atoms with van der Waals surface area (Å²) >= 11 is 0. The summed E-state index contributed by atoms with van der Waals surface area (Å²) in [5.41, 5.74) is 4.48. The molecule has 0 aliphatic carbocycles. The van der Waals surface area contributed by atoms with Gasteiger partial charge in [-0.2, -0.15) is 0 Å². The van der Waals surface area contributed by atoms with Crippen molar-refractivity contribution in [1.29, 1.82) is 0 Å². The molecule has 2 aromatic carbocycles. The molecule has 0 radical (unpaired) electrons. The Morgan fingerprint density at radius 2 is 0.919 bits per heavy atom. The highest BCUT2D eigenvalue weighted by atomic mass is 28.4. The molecule has 0 saturated heterocycles. The molecule has 0 bridgehead atoms. The van der Waals surface area contributed by atoms with E-state index in [1.807, 2.05) is 12.2 Å². The molecule has 0 aliphatic heterocycles. The van der Waals surface area contributed by atoms with Crippen molar-refractivity contribution >= 4 is 16.6 Å². The fraction of sp³-hybridized carbons (Fsp3) is 0.500. The van der Waals surface area contributed by atoms with Crippen LogP contribution in [0.2, 0.25) is 36.3 Å². The van der Waals surface area contributed by atoms with Gasteiger partial charge in [0.25, 0.3) is 0 Å². The van der Waals surface area contributed by atoms with Crippen LogP contribution in [0.4, 0.5) is 0 Å². The van der Waals surface area contributed by atoms with Gasteiger partial charge >= 0.3 is 0 Å². The van der Waals surface area contributed by atoms with Crippen LogP contribution in [0.1, 0.15) is 76.0 Å². The van der Waals surface area contributed by atoms with Crippen molar-refractivity contribution < 1.29 is 13.6 Å². The molecule has 37 heavy (non-hydrogen) atoms. The monoisotopic (exact) mass is 538 g/mol. The van der Waals surface area contributed by atoms with Gasteiger partial charge in [0.2, 0.25) is 0 Å². The van der Waals surface area contributed by atoms with Gasteiger partial charge in [-0.3, -0.25) is 0 Å². The fourth-order valence-electron chi connectivity index (χ4n) is 3.27. The second kappa shape index (κ2) is 12.4. The summed E-state index contributed by atoms with van der Waals surface area (Å²) in [6.45, 7) is 32.1. The quantitative estimate of drug-likeness (QED) is 0.199. The summed E-state index contributed by atoms with van der Waals surface area (Å²) in [5, 5.41) is 0.398. The number of benzene rings is 2. The molecule has 0 heterocycles. The van der Waals surface area contributed by atoms with Crippen LogP contribution in [0.25, 0.3) is 0 Å². The van der Waals surface area contributed by atoms with E-state index in [-0.39, 0.29) is 22.3 Å². The minimum Gasteiger partial charge on any atom is -0.413 e. The van der Waals surface area contributed by atoms with Gasteiger partial charge < -0.3 is 13.6 Å². The molecular formula is C32H50O3Si2. The first-order valence-corrected chi connectivity index (χ1v) is 19.2. The highest BCUT2D eigenvalue weighted by Gasteiger charge is 2.37. The molecule has 0 spiro atoms. The van der Waals surface area contributed by atoms with Crippen LogP contribution in [0.15, 0.2) is 73.8 Å². The molecule has 3 nitrogen and oxygen atoms in total. The maximum absolute atomic E-state index is 6.43. The predicted octanol–water partition coefficient (Wildman–Crippen LogP) is 9.90. The molecule has 2 unspecified atom stereocenters. The van der Waals surface area contributed by atoms with E-state index in [0.29, 0.717) is 13.2 Å². The van der Waals surface area contributed by atoms with Crippen LogP contribution in [-0.4, -0.2) is 16.6 Å². The third-order valence-corrected chi connectivity index (χ3v) is 17.1. The van der Waals surface area contributed by atoms with Crippen molar-refractivity contribution in [2.24, 2.45) is 0 Å². The zero-order chi connectivity index (χ0) is 28.1. The normalized spacial score (nSPS) is 14.8. The number of ether oxygens (including phenoxy) is 1. The molecule has 0 saturated carbocycles. The average Bonchev–Trinajstić information content (AvgIpc) is 2.82. The lowest BCUT2D eigenvalue weighted by molar-refractivity contribution is 0.0402. The van der Waals surface area contributed by atoms with Gasteiger partial charge in [-0.1, -0.05) is 102 Å². The molecule has 2 atom stereocenters. The van der Waals surface area contributed by atoms with Crippen LogP contribution in [-0.2, 0) is 26.8 Å². The summed E-state index contributed by atoms with van der Waals surface area (Å²) in [4.78, 5) is 0. The van der Waals surface area contributed by atoms with Gasteiger partial charge in [0.05, 0.1) is 13.2 Å². The zero-order valence-electron chi connectivity index (χ0n) is 25.0. The highest BCUT2D eigenvalue weighted by Crippen LogP contribution is 2.38. The van der Waals surface area contributed by atoms with E-state index < -0.39 is 16.6 Å². The molecule has 2 aromatic rings. The summed E-state index contributed by atoms with van der Waals surface area (Å²) < 4.78 is 19.2. The van der Waals surface area contributed by atoms with Crippen LogP contribution < -0.4 is 0 Å². The third-order valence-electron chi connectivity index (χ3n) is 8.15. The molecule has 0 fully saturated rings. The zero-order valence-corrected chi connectivity index (χ0v) is 27.0. The SMILES string of the molecule is C=CC(OC(C=C)c1ccc(CO[Si](C)(C)C(C)(C)C)cc1)c1ccc(CO[Si](C)(C)C(C)(C)C)cc1. The Bertz CT molecular complexity index is 926. The van der Waals surface area contributed by atoms with Gasteiger partial charge in [-0.25, -0.2) is 0 Å². The van der Waals surface area contributed by atoms with Crippen molar-refractivity contribution in [3.05, 3.63) is 96.1 Å². The van der Waals surface area contributed by atoms with E-state index in [1.54, 1.807) is 0 Å². The maximum Gasteiger partial charge on any atom is 0.192 e. The third kappa shape index (κ3) is 8.62. The molecule has 5 heteroatoms. The fourth-order valence-corrected chi connectivity index (χ4v) is 5.19. The number of hydrogen-bond donors (Lipinski definition) is 0. The summed E-state index contributed by atoms with van der Waals surface area (Å²) in [6, 6.07) is 16.9. The summed E-state index contributed by atoms with van der Waals surface area (Å²) in [6.07, 6.45) is 3.22. The Balaban J connectivity index is 2.04. The van der Waals surface area contributed by atoms with Crippen LogP contribution in [0, 0.1) is 0 Å². The van der Waals surface area contributed by atoms with E-state index in [9.17, 15) is 0 Å².